The summed E-state index contributed by atoms with van der Waals surface area (Å²) in [4.78, 5) is 3.80. The molecule has 1 rings (SSSR count). The van der Waals surface area contributed by atoms with Crippen LogP contribution in [0.5, 0.6) is 0 Å². The molecule has 1 aromatic heterocycles. The molecule has 6 heteroatoms. The number of primary sulfonamides is 1. The molecule has 0 aliphatic heterocycles. The molecule has 0 spiro atoms. The largest absolute Gasteiger partial charge is 0.393 e. The first-order valence-corrected chi connectivity index (χ1v) is 5.59. The topological polar surface area (TPSA) is 93.3 Å². The molecule has 0 aliphatic carbocycles. The van der Waals surface area contributed by atoms with Crippen LogP contribution in [-0.4, -0.2) is 24.6 Å². The van der Waals surface area contributed by atoms with Gasteiger partial charge in [0, 0.05) is 18.8 Å². The van der Waals surface area contributed by atoms with Crippen molar-refractivity contribution in [2.45, 2.75) is 24.3 Å². The van der Waals surface area contributed by atoms with Crippen LogP contribution in [0, 0.1) is 0 Å². The number of hydrogen-bond donors (Lipinski definition) is 2. The van der Waals surface area contributed by atoms with Crippen LogP contribution in [0.3, 0.4) is 0 Å². The molecular formula is C8H12N2O3S. The van der Waals surface area contributed by atoms with E-state index in [-0.39, 0.29) is 11.3 Å². The normalized spacial score (nSPS) is 13.9. The molecule has 0 radical (unpaired) electrons. The molecule has 0 saturated heterocycles. The van der Waals surface area contributed by atoms with Crippen molar-refractivity contribution in [2.24, 2.45) is 5.14 Å². The van der Waals surface area contributed by atoms with Crippen molar-refractivity contribution >= 4 is 10.0 Å². The number of aliphatic hydroxyl groups is 1. The highest BCUT2D eigenvalue weighted by Gasteiger charge is 2.14. The third kappa shape index (κ3) is 2.76. The van der Waals surface area contributed by atoms with Crippen LogP contribution >= 0.6 is 0 Å². The van der Waals surface area contributed by atoms with Gasteiger partial charge in [-0.25, -0.2) is 13.6 Å². The molecule has 1 heterocycles. The standard InChI is InChI=1S/C8H12N2O3S/c1-6(11)4-7-5-10-3-2-8(7)14(9,12)13/h2-3,5-6,11H,4H2,1H3,(H2,9,12,13). The van der Waals surface area contributed by atoms with E-state index in [0.717, 1.165) is 0 Å². The van der Waals surface area contributed by atoms with Crippen LogP contribution in [0.15, 0.2) is 23.4 Å². The molecule has 0 aliphatic rings. The molecule has 3 N–H and O–H groups in total. The van der Waals surface area contributed by atoms with Gasteiger partial charge < -0.3 is 5.11 Å². The molecule has 1 unspecified atom stereocenters. The SMILES string of the molecule is CC(O)Cc1cnccc1S(N)(=O)=O. The average molecular weight is 216 g/mol. The smallest absolute Gasteiger partial charge is 0.238 e. The van der Waals surface area contributed by atoms with E-state index in [1.807, 2.05) is 0 Å². The van der Waals surface area contributed by atoms with Crippen molar-refractivity contribution in [3.63, 3.8) is 0 Å². The van der Waals surface area contributed by atoms with E-state index < -0.39 is 16.1 Å². The second-order valence-corrected chi connectivity index (χ2v) is 4.61. The number of nitrogens with two attached hydrogens (primary N) is 1. The predicted octanol–water partition coefficient (Wildman–Crippen LogP) is -0.348. The fraction of sp³-hybridized carbons (Fsp3) is 0.375. The highest BCUT2D eigenvalue weighted by Crippen LogP contribution is 2.13. The van der Waals surface area contributed by atoms with Gasteiger partial charge in [0.2, 0.25) is 10.0 Å². The van der Waals surface area contributed by atoms with Crippen molar-refractivity contribution < 1.29 is 13.5 Å². The summed E-state index contributed by atoms with van der Waals surface area (Å²) in [6.07, 6.45) is 2.34. The number of hydrogen-bond acceptors (Lipinski definition) is 4. The number of aliphatic hydroxyl groups excluding tert-OH is 1. The van der Waals surface area contributed by atoms with Gasteiger partial charge in [0.15, 0.2) is 0 Å². The summed E-state index contributed by atoms with van der Waals surface area (Å²) in [5.74, 6) is 0. The van der Waals surface area contributed by atoms with Crippen LogP contribution in [-0.2, 0) is 16.4 Å². The van der Waals surface area contributed by atoms with E-state index >= 15 is 0 Å². The zero-order valence-electron chi connectivity index (χ0n) is 7.71. The Morgan fingerprint density at radius 1 is 1.64 bits per heavy atom. The van der Waals surface area contributed by atoms with E-state index in [4.69, 9.17) is 10.2 Å². The van der Waals surface area contributed by atoms with Crippen LogP contribution in [0.4, 0.5) is 0 Å². The van der Waals surface area contributed by atoms with Crippen LogP contribution in [0.1, 0.15) is 12.5 Å². The van der Waals surface area contributed by atoms with Gasteiger partial charge in [0.25, 0.3) is 0 Å². The Morgan fingerprint density at radius 3 is 2.79 bits per heavy atom. The first-order valence-electron chi connectivity index (χ1n) is 4.05. The predicted molar refractivity (Wildman–Crippen MR) is 51.0 cm³/mol. The third-order valence-electron chi connectivity index (χ3n) is 1.68. The minimum atomic E-state index is -3.73. The van der Waals surface area contributed by atoms with Crippen LogP contribution in [0.2, 0.25) is 0 Å². The molecule has 78 valence electrons. The Balaban J connectivity index is 3.17. The van der Waals surface area contributed by atoms with Gasteiger partial charge in [0.1, 0.15) is 0 Å². The highest BCUT2D eigenvalue weighted by atomic mass is 32.2. The quantitative estimate of drug-likeness (QED) is 0.722. The Kier molecular flexibility index (Phi) is 3.20. The highest BCUT2D eigenvalue weighted by molar-refractivity contribution is 7.89. The van der Waals surface area contributed by atoms with Gasteiger partial charge >= 0.3 is 0 Å². The minimum Gasteiger partial charge on any atom is -0.393 e. The summed E-state index contributed by atoms with van der Waals surface area (Å²) in [5.41, 5.74) is 0.435. The Bertz CT molecular complexity index is 414. The van der Waals surface area contributed by atoms with Crippen molar-refractivity contribution in [1.29, 1.82) is 0 Å². The zero-order chi connectivity index (χ0) is 10.8. The summed E-state index contributed by atoms with van der Waals surface area (Å²) in [7, 11) is -3.73. The van der Waals surface area contributed by atoms with E-state index in [2.05, 4.69) is 4.98 Å². The van der Waals surface area contributed by atoms with Gasteiger partial charge in [0.05, 0.1) is 11.0 Å². The zero-order valence-corrected chi connectivity index (χ0v) is 8.53. The van der Waals surface area contributed by atoms with Crippen LogP contribution < -0.4 is 5.14 Å². The maximum atomic E-state index is 11.1. The maximum Gasteiger partial charge on any atom is 0.238 e. The second-order valence-electron chi connectivity index (χ2n) is 3.08. The fourth-order valence-electron chi connectivity index (χ4n) is 1.16. The molecule has 1 aromatic rings. The molecule has 0 fully saturated rings. The third-order valence-corrected chi connectivity index (χ3v) is 2.69. The lowest BCUT2D eigenvalue weighted by Crippen LogP contribution is -2.16. The van der Waals surface area contributed by atoms with Crippen molar-refractivity contribution in [3.8, 4) is 0 Å². The number of sulfonamides is 1. The molecule has 0 amide bonds. The average Bonchev–Trinajstić information content (AvgIpc) is 2.01. The van der Waals surface area contributed by atoms with Crippen molar-refractivity contribution in [1.82, 2.24) is 4.98 Å². The molecule has 1 atom stereocenters. The molecule has 0 bridgehead atoms. The lowest BCUT2D eigenvalue weighted by molar-refractivity contribution is 0.194. The molecule has 14 heavy (non-hydrogen) atoms. The molecule has 5 nitrogen and oxygen atoms in total. The summed E-state index contributed by atoms with van der Waals surface area (Å²) >= 11 is 0. The molecule has 0 aromatic carbocycles. The van der Waals surface area contributed by atoms with E-state index in [9.17, 15) is 8.42 Å². The lowest BCUT2D eigenvalue weighted by atomic mass is 10.1. The van der Waals surface area contributed by atoms with Gasteiger partial charge in [-0.1, -0.05) is 0 Å². The monoisotopic (exact) mass is 216 g/mol. The Morgan fingerprint density at radius 2 is 2.29 bits per heavy atom. The number of aromatic nitrogens is 1. The van der Waals surface area contributed by atoms with Gasteiger partial charge in [-0.2, -0.15) is 0 Å². The van der Waals surface area contributed by atoms with E-state index in [1.165, 1.54) is 18.5 Å². The van der Waals surface area contributed by atoms with Crippen LogP contribution in [0.25, 0.3) is 0 Å². The first kappa shape index (κ1) is 11.1. The Labute approximate surface area is 82.6 Å². The molecule has 0 saturated carbocycles. The van der Waals surface area contributed by atoms with Gasteiger partial charge in [-0.15, -0.1) is 0 Å². The summed E-state index contributed by atoms with van der Waals surface area (Å²) in [6, 6.07) is 1.33. The van der Waals surface area contributed by atoms with E-state index in [0.29, 0.717) is 5.56 Å². The number of nitrogens with zero attached hydrogens (tertiary/aromatic N) is 1. The Hall–Kier alpha value is -0.980. The van der Waals surface area contributed by atoms with Crippen molar-refractivity contribution in [2.75, 3.05) is 0 Å². The van der Waals surface area contributed by atoms with E-state index in [1.54, 1.807) is 6.92 Å². The fourth-order valence-corrected chi connectivity index (χ4v) is 1.92. The summed E-state index contributed by atoms with van der Waals surface area (Å²) < 4.78 is 22.2. The lowest BCUT2D eigenvalue weighted by Gasteiger charge is -2.07. The van der Waals surface area contributed by atoms with Gasteiger partial charge in [-0.05, 0) is 18.6 Å². The summed E-state index contributed by atoms with van der Waals surface area (Å²) in [5, 5.41) is 14.1. The van der Waals surface area contributed by atoms with Gasteiger partial charge in [-0.3, -0.25) is 4.98 Å². The number of pyridine rings is 1. The maximum absolute atomic E-state index is 11.1. The second kappa shape index (κ2) is 4.04. The molecular weight excluding hydrogens is 204 g/mol. The minimum absolute atomic E-state index is 0.0217. The first-order chi connectivity index (χ1) is 6.41. The summed E-state index contributed by atoms with van der Waals surface area (Å²) in [6.45, 7) is 1.57. The van der Waals surface area contributed by atoms with Crippen molar-refractivity contribution in [3.05, 3.63) is 24.0 Å². The number of rotatable bonds is 3.